The molecule has 6 rings (SSSR count). The molecular formula is C36H32O14. The molecule has 0 aromatic heterocycles. The number of ether oxygens (including phenoxy) is 3. The highest BCUT2D eigenvalue weighted by molar-refractivity contribution is 6.09. The van der Waals surface area contributed by atoms with Crippen molar-refractivity contribution >= 4 is 17.6 Å². The second-order valence-electron chi connectivity index (χ2n) is 11.8. The highest BCUT2D eigenvalue weighted by atomic mass is 16.7. The van der Waals surface area contributed by atoms with Crippen molar-refractivity contribution < 1.29 is 69.8 Å². The van der Waals surface area contributed by atoms with Gasteiger partial charge in [-0.05, 0) is 53.6 Å². The number of aromatic hydroxyl groups is 5. The number of Topliss-reactive ketones (excluding diaryl/α,β-unsaturated/α-hetero) is 1. The summed E-state index contributed by atoms with van der Waals surface area (Å²) in [6.45, 7) is -0.699. The number of carbonyl (C=O) groups is 2. The maximum Gasteiger partial charge on any atom is 0.229 e. The van der Waals surface area contributed by atoms with Crippen molar-refractivity contribution in [2.75, 3.05) is 6.61 Å². The van der Waals surface area contributed by atoms with Crippen molar-refractivity contribution in [1.29, 1.82) is 0 Å². The molecule has 2 aliphatic heterocycles. The molecular weight excluding hydrogens is 656 g/mol. The van der Waals surface area contributed by atoms with Crippen LogP contribution >= 0.6 is 0 Å². The Morgan fingerprint density at radius 1 is 0.780 bits per heavy atom. The number of aliphatic hydroxyl groups excluding tert-OH is 4. The fourth-order valence-corrected chi connectivity index (χ4v) is 5.93. The standard InChI is InChI=1S/C36H32O14/c37-15-28-31(44)33(46)34(47)36(50-28)48-20-13-26(43)30-27(14-20)49-35(17-3-5-18(38)6-4-17)29(32(30)45)22-11-16(2-10-24(22)41)1-9-23(40)21-8-7-19(39)12-25(21)42/h1-14,28-29,31,33-39,41-44,46-47H,15H2/b9-1+/t28?,29-,31?,33?,34?,35+,36?/m1/s1. The summed E-state index contributed by atoms with van der Waals surface area (Å²) in [6, 6.07) is 15.8. The molecule has 2 aliphatic rings. The quantitative estimate of drug-likeness (QED) is 0.0954. The van der Waals surface area contributed by atoms with Crippen LogP contribution in [0.1, 0.15) is 49.4 Å². The van der Waals surface area contributed by atoms with Crippen molar-refractivity contribution in [2.45, 2.75) is 42.7 Å². The minimum absolute atomic E-state index is 0.0664. The number of rotatable bonds is 8. The van der Waals surface area contributed by atoms with Gasteiger partial charge in [0.25, 0.3) is 0 Å². The van der Waals surface area contributed by atoms with Gasteiger partial charge in [0.15, 0.2) is 11.6 Å². The van der Waals surface area contributed by atoms with Crippen molar-refractivity contribution in [3.63, 3.8) is 0 Å². The number of phenols is 5. The number of carbonyl (C=O) groups excluding carboxylic acids is 2. The first-order valence-electron chi connectivity index (χ1n) is 15.3. The molecule has 4 aromatic carbocycles. The van der Waals surface area contributed by atoms with Crippen LogP contribution in [0.4, 0.5) is 0 Å². The van der Waals surface area contributed by atoms with Crippen LogP contribution in [0.25, 0.3) is 6.08 Å². The summed E-state index contributed by atoms with van der Waals surface area (Å²) in [5.74, 6) is -4.48. The summed E-state index contributed by atoms with van der Waals surface area (Å²) < 4.78 is 17.3. The van der Waals surface area contributed by atoms with E-state index in [2.05, 4.69) is 0 Å². The maximum atomic E-state index is 14.3. The largest absolute Gasteiger partial charge is 0.508 e. The second kappa shape index (κ2) is 13.7. The van der Waals surface area contributed by atoms with Crippen molar-refractivity contribution in [3.05, 3.63) is 107 Å². The summed E-state index contributed by atoms with van der Waals surface area (Å²) in [5.41, 5.74) is 0.500. The molecule has 7 atom stereocenters. The molecule has 50 heavy (non-hydrogen) atoms. The zero-order valence-electron chi connectivity index (χ0n) is 25.9. The van der Waals surface area contributed by atoms with Crippen LogP contribution in [0.5, 0.6) is 40.2 Å². The molecule has 260 valence electrons. The van der Waals surface area contributed by atoms with Crippen molar-refractivity contribution in [1.82, 2.24) is 0 Å². The monoisotopic (exact) mass is 688 g/mol. The molecule has 0 spiro atoms. The van der Waals surface area contributed by atoms with Crippen LogP contribution in [0, 0.1) is 0 Å². The Bertz CT molecular complexity index is 1950. The van der Waals surface area contributed by atoms with Gasteiger partial charge in [0.05, 0.1) is 18.1 Å². The summed E-state index contributed by atoms with van der Waals surface area (Å²) in [5, 5.41) is 91.8. The molecule has 0 bridgehead atoms. The molecule has 4 aromatic rings. The molecule has 2 heterocycles. The molecule has 14 heteroatoms. The van der Waals surface area contributed by atoms with Crippen LogP contribution in [0.15, 0.2) is 78.9 Å². The van der Waals surface area contributed by atoms with Crippen LogP contribution in [0.3, 0.4) is 0 Å². The molecule has 0 amide bonds. The van der Waals surface area contributed by atoms with E-state index in [4.69, 9.17) is 14.2 Å². The van der Waals surface area contributed by atoms with Gasteiger partial charge in [-0.3, -0.25) is 9.59 Å². The first kappa shape index (κ1) is 34.2. The van der Waals surface area contributed by atoms with Gasteiger partial charge in [0.1, 0.15) is 76.3 Å². The number of hydrogen-bond acceptors (Lipinski definition) is 14. The predicted octanol–water partition coefficient (Wildman–Crippen LogP) is 2.39. The lowest BCUT2D eigenvalue weighted by Gasteiger charge is -2.39. The zero-order chi connectivity index (χ0) is 35.9. The van der Waals surface area contributed by atoms with Gasteiger partial charge in [-0.25, -0.2) is 0 Å². The summed E-state index contributed by atoms with van der Waals surface area (Å²) >= 11 is 0. The van der Waals surface area contributed by atoms with Gasteiger partial charge < -0.3 is 60.2 Å². The third kappa shape index (κ3) is 6.53. The Kier molecular flexibility index (Phi) is 9.38. The average molecular weight is 689 g/mol. The molecule has 14 nitrogen and oxygen atoms in total. The molecule has 0 radical (unpaired) electrons. The van der Waals surface area contributed by atoms with E-state index < -0.39 is 72.4 Å². The molecule has 0 saturated carbocycles. The van der Waals surface area contributed by atoms with Gasteiger partial charge in [-0.2, -0.15) is 0 Å². The van der Waals surface area contributed by atoms with Crippen LogP contribution < -0.4 is 9.47 Å². The normalized spacial score (nSPS) is 24.8. The molecule has 0 aliphatic carbocycles. The topological polar surface area (TPSA) is 244 Å². The van der Waals surface area contributed by atoms with E-state index in [1.807, 2.05) is 0 Å². The Morgan fingerprint density at radius 3 is 2.20 bits per heavy atom. The first-order chi connectivity index (χ1) is 23.9. The maximum absolute atomic E-state index is 14.3. The van der Waals surface area contributed by atoms with Gasteiger partial charge in [0.2, 0.25) is 6.29 Å². The number of aliphatic hydroxyl groups is 4. The van der Waals surface area contributed by atoms with Crippen molar-refractivity contribution in [3.8, 4) is 40.2 Å². The fourth-order valence-electron chi connectivity index (χ4n) is 5.93. The first-order valence-corrected chi connectivity index (χ1v) is 15.3. The summed E-state index contributed by atoms with van der Waals surface area (Å²) in [4.78, 5) is 27.0. The minimum Gasteiger partial charge on any atom is -0.508 e. The Labute approximate surface area is 283 Å². The van der Waals surface area contributed by atoms with Gasteiger partial charge in [0, 0.05) is 23.8 Å². The predicted molar refractivity (Wildman–Crippen MR) is 172 cm³/mol. The molecule has 1 saturated heterocycles. The van der Waals surface area contributed by atoms with Gasteiger partial charge in [-0.15, -0.1) is 0 Å². The van der Waals surface area contributed by atoms with E-state index in [1.54, 1.807) is 0 Å². The van der Waals surface area contributed by atoms with E-state index in [9.17, 15) is 55.5 Å². The number of allylic oxidation sites excluding steroid dienone is 1. The molecule has 1 fully saturated rings. The third-order valence-electron chi connectivity index (χ3n) is 8.52. The van der Waals surface area contributed by atoms with Gasteiger partial charge in [-0.1, -0.05) is 24.3 Å². The number of ketones is 2. The van der Waals surface area contributed by atoms with E-state index >= 15 is 0 Å². The number of benzene rings is 4. The van der Waals surface area contributed by atoms with Crippen molar-refractivity contribution in [2.24, 2.45) is 0 Å². The smallest absolute Gasteiger partial charge is 0.229 e. The molecule has 5 unspecified atom stereocenters. The van der Waals surface area contributed by atoms with E-state index in [-0.39, 0.29) is 45.4 Å². The average Bonchev–Trinajstić information content (AvgIpc) is 3.08. The lowest BCUT2D eigenvalue weighted by molar-refractivity contribution is -0.277. The lowest BCUT2D eigenvalue weighted by Crippen LogP contribution is -2.60. The van der Waals surface area contributed by atoms with E-state index in [1.165, 1.54) is 66.7 Å². The Balaban J connectivity index is 1.36. The fraction of sp³-hybridized carbons (Fsp3) is 0.222. The van der Waals surface area contributed by atoms with E-state index in [0.29, 0.717) is 11.1 Å². The summed E-state index contributed by atoms with van der Waals surface area (Å²) in [7, 11) is 0. The molecule has 9 N–H and O–H groups in total. The Morgan fingerprint density at radius 2 is 1.50 bits per heavy atom. The highest BCUT2D eigenvalue weighted by Crippen LogP contribution is 2.50. The zero-order valence-corrected chi connectivity index (χ0v) is 25.9. The minimum atomic E-state index is -1.76. The van der Waals surface area contributed by atoms with Crippen LogP contribution in [-0.4, -0.2) is 94.8 Å². The van der Waals surface area contributed by atoms with E-state index in [0.717, 1.165) is 18.2 Å². The third-order valence-corrected chi connectivity index (χ3v) is 8.52. The Hall–Kier alpha value is -5.64. The second-order valence-corrected chi connectivity index (χ2v) is 11.8. The van der Waals surface area contributed by atoms with Gasteiger partial charge >= 0.3 is 0 Å². The number of fused-ring (bicyclic) bond motifs is 1. The van der Waals surface area contributed by atoms with Crippen LogP contribution in [0.2, 0.25) is 0 Å². The lowest BCUT2D eigenvalue weighted by atomic mass is 9.80. The number of hydrogen-bond donors (Lipinski definition) is 9. The van der Waals surface area contributed by atoms with Crippen LogP contribution in [-0.2, 0) is 4.74 Å². The number of phenolic OH excluding ortho intramolecular Hbond substituents is 5. The SMILES string of the molecule is O=C(/C=C/c1ccc(O)c([C@@H]2C(=O)c3c(O)cc(OC4OC(CO)C(O)C(O)C4O)cc3O[C@H]2c2ccc(O)cc2)c1)c1ccc(O)cc1O. The summed E-state index contributed by atoms with van der Waals surface area (Å²) in [6.07, 6.45) is -6.57. The highest BCUT2D eigenvalue weighted by Gasteiger charge is 2.46.